The highest BCUT2D eigenvalue weighted by Crippen LogP contribution is 2.53. The summed E-state index contributed by atoms with van der Waals surface area (Å²) in [6.45, 7) is 1.48. The molecular weight excluding hydrogens is 512 g/mol. The minimum atomic E-state index is -2.71. The van der Waals surface area contributed by atoms with Crippen molar-refractivity contribution in [1.82, 2.24) is 9.80 Å². The third kappa shape index (κ3) is 3.87. The molecule has 0 radical (unpaired) electrons. The van der Waals surface area contributed by atoms with Crippen LogP contribution in [0, 0.1) is 11.8 Å². The second-order valence-corrected chi connectivity index (χ2v) is 10.5. The van der Waals surface area contributed by atoms with Gasteiger partial charge in [-0.25, -0.2) is 4.79 Å². The van der Waals surface area contributed by atoms with E-state index in [4.69, 9.17) is 10.5 Å². The number of benzene rings is 1. The second kappa shape index (κ2) is 9.36. The number of aromatic hydroxyl groups is 1. The summed E-state index contributed by atoms with van der Waals surface area (Å²) in [5.41, 5.74) is 1.90. The van der Waals surface area contributed by atoms with Gasteiger partial charge >= 0.3 is 6.03 Å². The molecular formula is C26H30N4O9. The number of nitrogens with two attached hydrogens (primary N) is 1. The number of hydrogen-bond donors (Lipinski definition) is 6. The summed E-state index contributed by atoms with van der Waals surface area (Å²) >= 11 is 0. The van der Waals surface area contributed by atoms with E-state index in [1.807, 2.05) is 0 Å². The number of anilines is 1. The second-order valence-electron chi connectivity index (χ2n) is 10.5. The van der Waals surface area contributed by atoms with E-state index in [0.29, 0.717) is 31.9 Å². The molecule has 0 spiro atoms. The number of Topliss-reactive ketones (excluding diaryl/α,β-unsaturated/α-hetero) is 2. The Morgan fingerprint density at radius 3 is 2.44 bits per heavy atom. The molecule has 13 nitrogen and oxygen atoms in total. The maximum Gasteiger partial charge on any atom is 0.322 e. The molecule has 13 heteroatoms. The Morgan fingerprint density at radius 1 is 1.15 bits per heavy atom. The molecule has 1 heterocycles. The van der Waals surface area contributed by atoms with Crippen molar-refractivity contribution in [2.45, 2.75) is 24.5 Å². The fraction of sp³-hybridized carbons (Fsp3) is 0.462. The number of ether oxygens (including phenoxy) is 1. The van der Waals surface area contributed by atoms with Crippen molar-refractivity contribution in [1.29, 1.82) is 0 Å². The van der Waals surface area contributed by atoms with Gasteiger partial charge in [0.05, 0.1) is 30.5 Å². The average molecular weight is 543 g/mol. The predicted molar refractivity (Wildman–Crippen MR) is 136 cm³/mol. The first kappa shape index (κ1) is 26.7. The molecule has 39 heavy (non-hydrogen) atoms. The fourth-order valence-electron chi connectivity index (χ4n) is 6.28. The Bertz CT molecular complexity index is 1360. The van der Waals surface area contributed by atoms with Crippen molar-refractivity contribution in [3.8, 4) is 5.75 Å². The number of primary amides is 1. The summed E-state index contributed by atoms with van der Waals surface area (Å²) in [4.78, 5) is 54.7. The predicted octanol–water partition coefficient (Wildman–Crippen LogP) is -0.172. The fourth-order valence-corrected chi connectivity index (χ4v) is 6.28. The van der Waals surface area contributed by atoms with E-state index in [1.54, 1.807) is 6.07 Å². The lowest BCUT2D eigenvalue weighted by molar-refractivity contribution is -0.153. The molecule has 4 aliphatic rings. The molecule has 3 aliphatic carbocycles. The number of nitrogens with one attached hydrogen (secondary N) is 1. The number of carbonyl (C=O) groups is 4. The Labute approximate surface area is 223 Å². The topological polar surface area (TPSA) is 203 Å². The highest BCUT2D eigenvalue weighted by molar-refractivity contribution is 6.24. The van der Waals surface area contributed by atoms with Crippen LogP contribution in [-0.4, -0.2) is 106 Å². The van der Waals surface area contributed by atoms with E-state index in [1.165, 1.54) is 30.0 Å². The number of aliphatic hydroxyl groups excluding tert-OH is 2. The van der Waals surface area contributed by atoms with Gasteiger partial charge in [-0.3, -0.25) is 19.3 Å². The molecule has 2 fully saturated rings. The molecule has 0 aromatic heterocycles. The van der Waals surface area contributed by atoms with E-state index >= 15 is 0 Å². The summed E-state index contributed by atoms with van der Waals surface area (Å²) in [6.07, 6.45) is 0.168. The normalized spacial score (nSPS) is 28.7. The number of rotatable bonds is 3. The molecule has 5 rings (SSSR count). The quantitative estimate of drug-likeness (QED) is 0.220. The largest absolute Gasteiger partial charge is 0.508 e. The van der Waals surface area contributed by atoms with Crippen LogP contribution < -0.4 is 11.1 Å². The SMILES string of the molecule is CN(C)[C@H]1C(=O)C(C(N)=O)=C(O)[C@]2(O)C(=O)C3=C(O)c4c(ccc(NC(=O)N5CCOCC5)c4O)C[C@@H]3C[C@H]12. The number of hydrogen-bond acceptors (Lipinski definition) is 10. The van der Waals surface area contributed by atoms with Gasteiger partial charge in [0.25, 0.3) is 5.91 Å². The Balaban J connectivity index is 1.58. The Hall–Kier alpha value is -3.94. The summed E-state index contributed by atoms with van der Waals surface area (Å²) in [5, 5.41) is 47.5. The maximum atomic E-state index is 13.9. The molecule has 7 N–H and O–H groups in total. The van der Waals surface area contributed by atoms with Crippen LogP contribution in [0.2, 0.25) is 0 Å². The van der Waals surface area contributed by atoms with Gasteiger partial charge in [-0.1, -0.05) is 6.07 Å². The summed E-state index contributed by atoms with van der Waals surface area (Å²) in [5.74, 6) is -7.23. The van der Waals surface area contributed by atoms with Gasteiger partial charge in [0.2, 0.25) is 5.78 Å². The number of nitrogens with zero attached hydrogens (tertiary/aromatic N) is 2. The van der Waals surface area contributed by atoms with Gasteiger partial charge in [-0.05, 0) is 44.5 Å². The first-order chi connectivity index (χ1) is 18.4. The Kier molecular flexibility index (Phi) is 6.40. The van der Waals surface area contributed by atoms with Crippen molar-refractivity contribution in [3.05, 3.63) is 40.2 Å². The lowest BCUT2D eigenvalue weighted by atomic mass is 9.57. The molecule has 0 bridgehead atoms. The number of phenols is 1. The van der Waals surface area contributed by atoms with E-state index in [-0.39, 0.29) is 29.7 Å². The van der Waals surface area contributed by atoms with Gasteiger partial charge in [0, 0.05) is 24.6 Å². The van der Waals surface area contributed by atoms with E-state index in [2.05, 4.69) is 5.32 Å². The monoisotopic (exact) mass is 542 g/mol. The molecule has 1 saturated heterocycles. The van der Waals surface area contributed by atoms with Gasteiger partial charge < -0.3 is 41.1 Å². The van der Waals surface area contributed by atoms with Gasteiger partial charge in [0.1, 0.15) is 22.8 Å². The van der Waals surface area contributed by atoms with Gasteiger partial charge in [-0.2, -0.15) is 0 Å². The third-order valence-corrected chi connectivity index (χ3v) is 8.13. The van der Waals surface area contributed by atoms with Gasteiger partial charge in [0.15, 0.2) is 11.4 Å². The van der Waals surface area contributed by atoms with Crippen LogP contribution in [0.15, 0.2) is 29.0 Å². The standard InChI is InChI=1S/C26H30N4O9/c1-29(2)18-13-10-12-9-11-3-4-14(28-25(37)30-5-7-39-8-6-30)19(31)15(11)20(32)16(12)22(34)26(13,38)23(35)17(21(18)33)24(27)36/h3-4,12-13,18,31-32,35,38H,5-10H2,1-2H3,(H2,27,36)(H,28,37)/t12-,13-,18-,26-/m1/s1. The number of carbonyl (C=O) groups excluding carboxylic acids is 4. The third-order valence-electron chi connectivity index (χ3n) is 8.13. The van der Waals surface area contributed by atoms with Crippen LogP contribution in [0.3, 0.4) is 0 Å². The average Bonchev–Trinajstić information content (AvgIpc) is 2.88. The number of likely N-dealkylation sites (N-methyl/N-ethyl adjacent to an activating group) is 1. The van der Waals surface area contributed by atoms with Gasteiger partial charge in [-0.15, -0.1) is 0 Å². The smallest absolute Gasteiger partial charge is 0.322 e. The van der Waals surface area contributed by atoms with E-state index in [9.17, 15) is 39.6 Å². The molecule has 3 amide bonds. The summed E-state index contributed by atoms with van der Waals surface area (Å²) in [7, 11) is 3.08. The van der Waals surface area contributed by atoms with Crippen LogP contribution in [-0.2, 0) is 25.5 Å². The maximum absolute atomic E-state index is 13.9. The first-order valence-electron chi connectivity index (χ1n) is 12.5. The lowest BCUT2D eigenvalue weighted by Crippen LogP contribution is -2.65. The van der Waals surface area contributed by atoms with E-state index < -0.39 is 69.8 Å². The van der Waals surface area contributed by atoms with Crippen molar-refractivity contribution < 1.29 is 44.3 Å². The van der Waals surface area contributed by atoms with Crippen LogP contribution >= 0.6 is 0 Å². The highest BCUT2D eigenvalue weighted by Gasteiger charge is 2.64. The molecule has 0 unspecified atom stereocenters. The molecule has 208 valence electrons. The van der Waals surface area contributed by atoms with Crippen LogP contribution in [0.1, 0.15) is 17.5 Å². The Morgan fingerprint density at radius 2 is 1.82 bits per heavy atom. The number of urea groups is 1. The van der Waals surface area contributed by atoms with Crippen LogP contribution in [0.4, 0.5) is 10.5 Å². The van der Waals surface area contributed by atoms with Crippen molar-refractivity contribution in [2.24, 2.45) is 17.6 Å². The minimum Gasteiger partial charge on any atom is -0.508 e. The number of ketones is 2. The number of phenolic OH excluding ortho intramolecular Hbond substituents is 1. The first-order valence-corrected chi connectivity index (χ1v) is 12.5. The van der Waals surface area contributed by atoms with Crippen LogP contribution in [0.5, 0.6) is 5.75 Å². The molecule has 1 aliphatic heterocycles. The van der Waals surface area contributed by atoms with Crippen molar-refractivity contribution in [2.75, 3.05) is 45.7 Å². The lowest BCUT2D eigenvalue weighted by Gasteiger charge is -2.50. The van der Waals surface area contributed by atoms with Crippen LogP contribution in [0.25, 0.3) is 5.76 Å². The van der Waals surface area contributed by atoms with E-state index in [0.717, 1.165) is 0 Å². The molecule has 1 aromatic rings. The summed E-state index contributed by atoms with van der Waals surface area (Å²) in [6, 6.07) is 1.48. The van der Waals surface area contributed by atoms with Crippen molar-refractivity contribution >= 4 is 35.0 Å². The summed E-state index contributed by atoms with van der Waals surface area (Å²) < 4.78 is 5.24. The number of fused-ring (bicyclic) bond motifs is 3. The van der Waals surface area contributed by atoms with Crippen molar-refractivity contribution in [3.63, 3.8) is 0 Å². The zero-order chi connectivity index (χ0) is 28.4. The molecule has 1 aromatic carbocycles. The minimum absolute atomic E-state index is 0.00203. The zero-order valence-corrected chi connectivity index (χ0v) is 21.4. The zero-order valence-electron chi connectivity index (χ0n) is 21.4. The number of morpholine rings is 1. The number of aliphatic hydroxyl groups is 3. The molecule has 1 saturated carbocycles. The highest BCUT2D eigenvalue weighted by atomic mass is 16.5. The number of amides is 3. The molecule has 4 atom stereocenters.